The van der Waals surface area contributed by atoms with Crippen LogP contribution in [0.25, 0.3) is 0 Å². The Kier molecular flexibility index (Phi) is 6.20. The van der Waals surface area contributed by atoms with Crippen molar-refractivity contribution in [3.8, 4) is 5.75 Å². The molecule has 1 aromatic carbocycles. The van der Waals surface area contributed by atoms with Gasteiger partial charge in [-0.2, -0.15) is 0 Å². The third kappa shape index (κ3) is 4.26. The molecule has 1 unspecified atom stereocenters. The summed E-state index contributed by atoms with van der Waals surface area (Å²) >= 11 is 0. The molecule has 1 atom stereocenters. The van der Waals surface area contributed by atoms with Crippen molar-refractivity contribution in [1.82, 2.24) is 9.80 Å². The largest absolute Gasteiger partial charge is 0.495 e. The van der Waals surface area contributed by atoms with Gasteiger partial charge in [-0.25, -0.2) is 0 Å². The number of hydrogen-bond acceptors (Lipinski definition) is 4. The Morgan fingerprint density at radius 3 is 2.29 bits per heavy atom. The van der Waals surface area contributed by atoms with Crippen molar-refractivity contribution < 1.29 is 14.3 Å². The zero-order valence-corrected chi connectivity index (χ0v) is 14.9. The Morgan fingerprint density at radius 1 is 1.08 bits per heavy atom. The third-order valence-electron chi connectivity index (χ3n) is 4.41. The SMILES string of the molecule is COc1ccccc1NC(=O)C(C)N1CCN(C(=O)C(C)C)CC1. The normalized spacial score (nSPS) is 16.8. The summed E-state index contributed by atoms with van der Waals surface area (Å²) in [6.07, 6.45) is 0. The number of nitrogens with one attached hydrogen (secondary N) is 1. The topological polar surface area (TPSA) is 61.9 Å². The van der Waals surface area contributed by atoms with Crippen molar-refractivity contribution in [1.29, 1.82) is 0 Å². The zero-order valence-electron chi connectivity index (χ0n) is 14.9. The van der Waals surface area contributed by atoms with Gasteiger partial charge in [-0.15, -0.1) is 0 Å². The first-order valence-corrected chi connectivity index (χ1v) is 8.40. The molecule has 2 rings (SSSR count). The molecule has 1 aliphatic heterocycles. The van der Waals surface area contributed by atoms with Gasteiger partial charge in [0.2, 0.25) is 11.8 Å². The number of piperazine rings is 1. The first-order chi connectivity index (χ1) is 11.4. The first kappa shape index (κ1) is 18.3. The van der Waals surface area contributed by atoms with Crippen LogP contribution in [0.3, 0.4) is 0 Å². The second kappa shape index (κ2) is 8.15. The predicted molar refractivity (Wildman–Crippen MR) is 94.1 cm³/mol. The van der Waals surface area contributed by atoms with Gasteiger partial charge in [-0.1, -0.05) is 26.0 Å². The van der Waals surface area contributed by atoms with Crippen molar-refractivity contribution in [3.63, 3.8) is 0 Å². The molecule has 24 heavy (non-hydrogen) atoms. The lowest BCUT2D eigenvalue weighted by molar-refractivity contribution is -0.136. The van der Waals surface area contributed by atoms with Gasteiger partial charge in [0.1, 0.15) is 5.75 Å². The number of hydrogen-bond donors (Lipinski definition) is 1. The van der Waals surface area contributed by atoms with Crippen LogP contribution in [0.5, 0.6) is 5.75 Å². The van der Waals surface area contributed by atoms with Crippen molar-refractivity contribution in [2.75, 3.05) is 38.6 Å². The van der Waals surface area contributed by atoms with Crippen molar-refractivity contribution in [2.24, 2.45) is 5.92 Å². The van der Waals surface area contributed by atoms with Gasteiger partial charge >= 0.3 is 0 Å². The van der Waals surface area contributed by atoms with Crippen molar-refractivity contribution in [2.45, 2.75) is 26.8 Å². The van der Waals surface area contributed by atoms with Crippen LogP contribution >= 0.6 is 0 Å². The molecule has 0 aromatic heterocycles. The Balaban J connectivity index is 1.91. The molecule has 1 saturated heterocycles. The Labute approximate surface area is 143 Å². The number of anilines is 1. The Hall–Kier alpha value is -2.08. The number of para-hydroxylation sites is 2. The number of amides is 2. The number of ether oxygens (including phenoxy) is 1. The Morgan fingerprint density at radius 2 is 1.71 bits per heavy atom. The average molecular weight is 333 g/mol. The van der Waals surface area contributed by atoms with Gasteiger partial charge in [-0.05, 0) is 19.1 Å². The quantitative estimate of drug-likeness (QED) is 0.893. The lowest BCUT2D eigenvalue weighted by Gasteiger charge is -2.38. The summed E-state index contributed by atoms with van der Waals surface area (Å²) in [7, 11) is 1.58. The van der Waals surface area contributed by atoms with Crippen LogP contribution in [0.1, 0.15) is 20.8 Å². The van der Waals surface area contributed by atoms with Crippen LogP contribution in [0.4, 0.5) is 5.69 Å². The molecular formula is C18H27N3O3. The molecule has 1 N–H and O–H groups in total. The number of carbonyl (C=O) groups excluding carboxylic acids is 2. The molecule has 1 aromatic rings. The van der Waals surface area contributed by atoms with Crippen LogP contribution < -0.4 is 10.1 Å². The lowest BCUT2D eigenvalue weighted by atomic mass is 10.1. The number of nitrogens with zero attached hydrogens (tertiary/aromatic N) is 2. The fraction of sp³-hybridized carbons (Fsp3) is 0.556. The van der Waals surface area contributed by atoms with E-state index in [0.717, 1.165) is 0 Å². The van der Waals surface area contributed by atoms with Crippen LogP contribution in [-0.2, 0) is 9.59 Å². The van der Waals surface area contributed by atoms with Gasteiger partial charge < -0.3 is 15.0 Å². The van der Waals surface area contributed by atoms with Crippen LogP contribution in [0, 0.1) is 5.92 Å². The Bertz CT molecular complexity index is 581. The number of methoxy groups -OCH3 is 1. The van der Waals surface area contributed by atoms with Crippen LogP contribution in [-0.4, -0.2) is 60.9 Å². The zero-order chi connectivity index (χ0) is 17.7. The third-order valence-corrected chi connectivity index (χ3v) is 4.41. The summed E-state index contributed by atoms with van der Waals surface area (Å²) in [4.78, 5) is 28.5. The summed E-state index contributed by atoms with van der Waals surface area (Å²) in [5.74, 6) is 0.775. The molecule has 1 fully saturated rings. The molecule has 0 spiro atoms. The highest BCUT2D eigenvalue weighted by molar-refractivity contribution is 5.95. The second-order valence-electron chi connectivity index (χ2n) is 6.38. The molecule has 0 radical (unpaired) electrons. The summed E-state index contributed by atoms with van der Waals surface area (Å²) in [6.45, 7) is 8.48. The molecule has 0 aliphatic carbocycles. The fourth-order valence-electron chi connectivity index (χ4n) is 2.85. The number of benzene rings is 1. The average Bonchev–Trinajstić information content (AvgIpc) is 2.60. The minimum Gasteiger partial charge on any atom is -0.495 e. The van der Waals surface area contributed by atoms with E-state index >= 15 is 0 Å². The van der Waals surface area contributed by atoms with E-state index < -0.39 is 0 Å². The molecule has 1 aliphatic rings. The van der Waals surface area contributed by atoms with E-state index in [2.05, 4.69) is 10.2 Å². The van der Waals surface area contributed by atoms with Crippen LogP contribution in [0.15, 0.2) is 24.3 Å². The van der Waals surface area contributed by atoms with E-state index in [1.807, 2.05) is 49.9 Å². The van der Waals surface area contributed by atoms with E-state index in [1.165, 1.54) is 0 Å². The maximum Gasteiger partial charge on any atom is 0.241 e. The van der Waals surface area contributed by atoms with E-state index in [0.29, 0.717) is 37.6 Å². The van der Waals surface area contributed by atoms with Crippen molar-refractivity contribution in [3.05, 3.63) is 24.3 Å². The number of rotatable bonds is 5. The van der Waals surface area contributed by atoms with E-state index in [9.17, 15) is 9.59 Å². The van der Waals surface area contributed by atoms with Gasteiger partial charge in [-0.3, -0.25) is 14.5 Å². The summed E-state index contributed by atoms with van der Waals surface area (Å²) in [6, 6.07) is 7.10. The summed E-state index contributed by atoms with van der Waals surface area (Å²) in [5.41, 5.74) is 0.672. The highest BCUT2D eigenvalue weighted by Gasteiger charge is 2.28. The molecule has 6 heteroatoms. The molecule has 0 saturated carbocycles. The summed E-state index contributed by atoms with van der Waals surface area (Å²) in [5, 5.41) is 2.92. The molecule has 1 heterocycles. The van der Waals surface area contributed by atoms with Gasteiger partial charge in [0, 0.05) is 32.1 Å². The van der Waals surface area contributed by atoms with E-state index in [1.54, 1.807) is 7.11 Å². The highest BCUT2D eigenvalue weighted by Crippen LogP contribution is 2.23. The number of carbonyl (C=O) groups is 2. The minimum atomic E-state index is -0.258. The van der Waals surface area contributed by atoms with E-state index in [4.69, 9.17) is 4.74 Å². The standard InChI is InChI=1S/C18H27N3O3/c1-13(2)18(23)21-11-9-20(10-12-21)14(3)17(22)19-15-7-5-6-8-16(15)24-4/h5-8,13-14H,9-12H2,1-4H3,(H,19,22). The molecule has 6 nitrogen and oxygen atoms in total. The lowest BCUT2D eigenvalue weighted by Crippen LogP contribution is -2.54. The second-order valence-corrected chi connectivity index (χ2v) is 6.38. The smallest absolute Gasteiger partial charge is 0.241 e. The molecule has 2 amide bonds. The van der Waals surface area contributed by atoms with Gasteiger partial charge in [0.15, 0.2) is 0 Å². The fourth-order valence-corrected chi connectivity index (χ4v) is 2.85. The van der Waals surface area contributed by atoms with Crippen molar-refractivity contribution >= 4 is 17.5 Å². The minimum absolute atomic E-state index is 0.0165. The summed E-state index contributed by atoms with van der Waals surface area (Å²) < 4.78 is 5.26. The van der Waals surface area contributed by atoms with Gasteiger partial charge in [0.25, 0.3) is 0 Å². The predicted octanol–water partition coefficient (Wildman–Crippen LogP) is 1.82. The van der Waals surface area contributed by atoms with E-state index in [-0.39, 0.29) is 23.8 Å². The maximum absolute atomic E-state index is 12.5. The highest BCUT2D eigenvalue weighted by atomic mass is 16.5. The van der Waals surface area contributed by atoms with Gasteiger partial charge in [0.05, 0.1) is 18.8 Å². The molecule has 0 bridgehead atoms. The maximum atomic E-state index is 12.5. The monoisotopic (exact) mass is 333 g/mol. The molecule has 132 valence electrons. The molecular weight excluding hydrogens is 306 g/mol. The first-order valence-electron chi connectivity index (χ1n) is 8.40. The van der Waals surface area contributed by atoms with Crippen LogP contribution in [0.2, 0.25) is 0 Å².